The topological polar surface area (TPSA) is 78.9 Å². The maximum Gasteiger partial charge on any atom is 0.350 e. The van der Waals surface area contributed by atoms with Gasteiger partial charge in [-0.2, -0.15) is 0 Å². The first-order valence-electron chi connectivity index (χ1n) is 9.61. The average molecular weight is 390 g/mol. The van der Waals surface area contributed by atoms with Gasteiger partial charge in [-0.3, -0.25) is 9.28 Å². The quantitative estimate of drug-likeness (QED) is 0.296. The zero-order chi connectivity index (χ0) is 20.7. The second-order valence-electron chi connectivity index (χ2n) is 8.10. The molecular formula is C21H28NO6+. The van der Waals surface area contributed by atoms with Gasteiger partial charge in [0.15, 0.2) is 11.8 Å². The molecule has 152 valence electrons. The minimum Gasteiger partial charge on any atom is -0.458 e. The van der Waals surface area contributed by atoms with Crippen LogP contribution in [-0.2, 0) is 28.6 Å². The smallest absolute Gasteiger partial charge is 0.350 e. The highest BCUT2D eigenvalue weighted by molar-refractivity contribution is 5.89. The molecule has 0 radical (unpaired) electrons. The van der Waals surface area contributed by atoms with Gasteiger partial charge in [0.2, 0.25) is 5.60 Å². The van der Waals surface area contributed by atoms with E-state index in [1.54, 1.807) is 19.9 Å². The first-order chi connectivity index (χ1) is 13.1. The van der Waals surface area contributed by atoms with Crippen LogP contribution in [0.15, 0.2) is 35.2 Å². The van der Waals surface area contributed by atoms with Gasteiger partial charge >= 0.3 is 17.9 Å². The molecule has 4 unspecified atom stereocenters. The average Bonchev–Trinajstić information content (AvgIpc) is 3.11. The van der Waals surface area contributed by atoms with E-state index in [4.69, 9.17) is 14.2 Å². The highest BCUT2D eigenvalue weighted by Crippen LogP contribution is 2.40. The fourth-order valence-electron chi connectivity index (χ4n) is 4.22. The van der Waals surface area contributed by atoms with Crippen molar-refractivity contribution in [2.45, 2.75) is 52.2 Å². The van der Waals surface area contributed by atoms with Crippen LogP contribution in [0.2, 0.25) is 0 Å². The summed E-state index contributed by atoms with van der Waals surface area (Å²) in [6.45, 7) is 7.17. The number of likely N-dealkylation sites (N-methyl/N-ethyl adjacent to an activating group) is 1. The zero-order valence-electron chi connectivity index (χ0n) is 17.1. The Balaban J connectivity index is 2.02. The number of carbonyl (C=O) groups excluding carboxylic acids is 3. The molecule has 0 saturated carbocycles. The van der Waals surface area contributed by atoms with Gasteiger partial charge in [-0.1, -0.05) is 13.0 Å². The van der Waals surface area contributed by atoms with Crippen molar-refractivity contribution in [3.05, 3.63) is 35.2 Å². The van der Waals surface area contributed by atoms with Crippen LogP contribution in [0.4, 0.5) is 0 Å². The Morgan fingerprint density at radius 2 is 2.11 bits per heavy atom. The standard InChI is InChI=1S/C21H28NO6/c1-6-15-11-13(2)21(4,28-14(3)23)20(25)26-12-16-7-9-22(5)10-8-17(18(16)22)27-19(15)24/h6-7,9,13,17H,8,10-12H2,1-5H3/q+1. The van der Waals surface area contributed by atoms with Gasteiger partial charge in [-0.25, -0.2) is 9.59 Å². The molecule has 7 nitrogen and oxygen atoms in total. The van der Waals surface area contributed by atoms with E-state index in [1.165, 1.54) is 13.8 Å². The number of carbonyl (C=O) groups is 3. The summed E-state index contributed by atoms with van der Waals surface area (Å²) >= 11 is 0. The normalized spacial score (nSPS) is 37.1. The van der Waals surface area contributed by atoms with Gasteiger partial charge in [0.05, 0.1) is 19.2 Å². The summed E-state index contributed by atoms with van der Waals surface area (Å²) in [6, 6.07) is 0. The van der Waals surface area contributed by atoms with Gasteiger partial charge in [-0.05, 0) is 20.3 Å². The summed E-state index contributed by atoms with van der Waals surface area (Å²) in [5, 5.41) is 0. The molecular weight excluding hydrogens is 362 g/mol. The van der Waals surface area contributed by atoms with E-state index in [0.717, 1.165) is 24.2 Å². The lowest BCUT2D eigenvalue weighted by Gasteiger charge is -2.33. The van der Waals surface area contributed by atoms with Crippen molar-refractivity contribution in [2.24, 2.45) is 5.92 Å². The van der Waals surface area contributed by atoms with Crippen molar-refractivity contribution < 1.29 is 33.1 Å². The van der Waals surface area contributed by atoms with E-state index in [2.05, 4.69) is 0 Å². The van der Waals surface area contributed by atoms with E-state index in [0.29, 0.717) is 10.1 Å². The van der Waals surface area contributed by atoms with Crippen molar-refractivity contribution in [3.63, 3.8) is 0 Å². The zero-order valence-corrected chi connectivity index (χ0v) is 17.1. The lowest BCUT2D eigenvalue weighted by molar-refractivity contribution is -0.808. The number of allylic oxidation sites excluding steroid dienone is 1. The SMILES string of the molecule is CC=C1CC(C)C(C)(OC(C)=O)C(=O)OCC2=C3C(CC[N+]3(C)C=C2)OC1=O. The second-order valence-corrected chi connectivity index (χ2v) is 8.10. The lowest BCUT2D eigenvalue weighted by atomic mass is 9.85. The molecule has 3 heterocycles. The van der Waals surface area contributed by atoms with Crippen LogP contribution in [0, 0.1) is 5.92 Å². The van der Waals surface area contributed by atoms with Gasteiger partial charge < -0.3 is 14.2 Å². The third-order valence-corrected chi connectivity index (χ3v) is 6.09. The maximum absolute atomic E-state index is 12.9. The minimum atomic E-state index is -1.50. The summed E-state index contributed by atoms with van der Waals surface area (Å²) in [7, 11) is 2.04. The van der Waals surface area contributed by atoms with Gasteiger partial charge in [0.25, 0.3) is 0 Å². The Morgan fingerprint density at radius 3 is 2.75 bits per heavy atom. The van der Waals surface area contributed by atoms with Crippen LogP contribution in [0.5, 0.6) is 0 Å². The number of nitrogens with zero attached hydrogens (tertiary/aromatic N) is 1. The summed E-state index contributed by atoms with van der Waals surface area (Å²) in [5.74, 6) is -2.06. The molecule has 1 fully saturated rings. The van der Waals surface area contributed by atoms with Crippen molar-refractivity contribution in [3.8, 4) is 0 Å². The van der Waals surface area contributed by atoms with E-state index >= 15 is 0 Å². The summed E-state index contributed by atoms with van der Waals surface area (Å²) in [6.07, 6.45) is 6.24. The molecule has 3 rings (SSSR count). The number of hydrogen-bond acceptors (Lipinski definition) is 6. The second kappa shape index (κ2) is 7.20. The van der Waals surface area contributed by atoms with Crippen LogP contribution in [0.3, 0.4) is 0 Å². The molecule has 0 bridgehead atoms. The molecule has 0 aromatic heterocycles. The van der Waals surface area contributed by atoms with Crippen LogP contribution in [-0.4, -0.2) is 54.3 Å². The molecule has 0 aromatic rings. The number of cyclic esters (lactones) is 1. The number of quaternary nitrogens is 1. The summed E-state index contributed by atoms with van der Waals surface area (Å²) in [4.78, 5) is 37.4. The van der Waals surface area contributed by atoms with Gasteiger partial charge in [-0.15, -0.1) is 0 Å². The third kappa shape index (κ3) is 3.39. The molecule has 3 aliphatic heterocycles. The van der Waals surface area contributed by atoms with Crippen molar-refractivity contribution in [1.29, 1.82) is 0 Å². The van der Waals surface area contributed by atoms with Crippen molar-refractivity contribution in [1.82, 2.24) is 0 Å². The monoisotopic (exact) mass is 390 g/mol. The molecule has 0 spiro atoms. The number of esters is 3. The Hall–Kier alpha value is -2.41. The summed E-state index contributed by atoms with van der Waals surface area (Å²) < 4.78 is 17.4. The Morgan fingerprint density at radius 1 is 1.39 bits per heavy atom. The predicted octanol–water partition coefficient (Wildman–Crippen LogP) is 2.38. The van der Waals surface area contributed by atoms with E-state index < -0.39 is 29.4 Å². The Labute approximate surface area is 165 Å². The number of ether oxygens (including phenoxy) is 3. The van der Waals surface area contributed by atoms with Crippen LogP contribution in [0.25, 0.3) is 0 Å². The van der Waals surface area contributed by atoms with Crippen LogP contribution < -0.4 is 0 Å². The lowest BCUT2D eigenvalue weighted by Crippen LogP contribution is -2.47. The highest BCUT2D eigenvalue weighted by atomic mass is 16.6. The summed E-state index contributed by atoms with van der Waals surface area (Å²) in [5.41, 5.74) is 0.722. The number of rotatable bonds is 1. The molecule has 0 N–H and O–H groups in total. The molecule has 4 atom stereocenters. The largest absolute Gasteiger partial charge is 0.458 e. The van der Waals surface area contributed by atoms with Gasteiger partial charge in [0.1, 0.15) is 12.8 Å². The van der Waals surface area contributed by atoms with E-state index in [9.17, 15) is 14.4 Å². The molecule has 0 aromatic carbocycles. The molecule has 28 heavy (non-hydrogen) atoms. The molecule has 1 saturated heterocycles. The minimum absolute atomic E-state index is 0.0482. The van der Waals surface area contributed by atoms with Crippen molar-refractivity contribution in [2.75, 3.05) is 20.2 Å². The Bertz CT molecular complexity index is 810. The fourth-order valence-corrected chi connectivity index (χ4v) is 4.22. The molecule has 7 heteroatoms. The van der Waals surface area contributed by atoms with Crippen LogP contribution >= 0.6 is 0 Å². The maximum atomic E-state index is 12.9. The first kappa shape index (κ1) is 20.3. The van der Waals surface area contributed by atoms with E-state index in [1.807, 2.05) is 19.3 Å². The van der Waals surface area contributed by atoms with Crippen LogP contribution in [0.1, 0.15) is 40.5 Å². The molecule has 0 amide bonds. The molecule has 3 aliphatic rings. The van der Waals surface area contributed by atoms with Gasteiger partial charge in [0, 0.05) is 30.9 Å². The highest BCUT2D eigenvalue weighted by Gasteiger charge is 2.49. The fraction of sp³-hybridized carbons (Fsp3) is 0.571. The third-order valence-electron chi connectivity index (χ3n) is 6.09. The first-order valence-corrected chi connectivity index (χ1v) is 9.61. The van der Waals surface area contributed by atoms with Crippen molar-refractivity contribution >= 4 is 17.9 Å². The predicted molar refractivity (Wildman–Crippen MR) is 100 cm³/mol. The Kier molecular flexibility index (Phi) is 5.23. The number of hydrogen-bond donors (Lipinski definition) is 0. The molecule has 0 aliphatic carbocycles. The van der Waals surface area contributed by atoms with E-state index in [-0.39, 0.29) is 19.1 Å².